The topological polar surface area (TPSA) is 79.5 Å². The zero-order valence-corrected chi connectivity index (χ0v) is 10.3. The molecule has 0 bridgehead atoms. The molecule has 96 valence electrons. The van der Waals surface area contributed by atoms with E-state index in [4.69, 9.17) is 19.9 Å². The van der Waals surface area contributed by atoms with Crippen molar-refractivity contribution in [2.24, 2.45) is 0 Å². The zero-order chi connectivity index (χ0) is 13.1. The van der Waals surface area contributed by atoms with Crippen molar-refractivity contribution in [2.75, 3.05) is 26.6 Å². The predicted octanol–water partition coefficient (Wildman–Crippen LogP) is 1.20. The summed E-state index contributed by atoms with van der Waals surface area (Å²) in [7, 11) is 2.80. The minimum Gasteiger partial charge on any atom is -0.478 e. The standard InChI is InChI=1S/C10H16FN3O3/c1-10(2,5-11)17-6-7(15-3)13-9(12)14-8(6)16-4/h5H2,1-4H3,(H2,12,13,14). The second kappa shape index (κ2) is 5.03. The van der Waals surface area contributed by atoms with E-state index in [1.54, 1.807) is 13.8 Å². The Labute approximate surface area is 98.9 Å². The van der Waals surface area contributed by atoms with Crippen molar-refractivity contribution in [2.45, 2.75) is 19.4 Å². The van der Waals surface area contributed by atoms with E-state index in [9.17, 15) is 4.39 Å². The van der Waals surface area contributed by atoms with Crippen LogP contribution in [0.2, 0.25) is 0 Å². The van der Waals surface area contributed by atoms with Gasteiger partial charge in [-0.3, -0.25) is 0 Å². The van der Waals surface area contributed by atoms with Gasteiger partial charge in [0.25, 0.3) is 11.8 Å². The molecule has 0 atom stereocenters. The van der Waals surface area contributed by atoms with Gasteiger partial charge >= 0.3 is 0 Å². The van der Waals surface area contributed by atoms with Crippen molar-refractivity contribution < 1.29 is 18.6 Å². The number of anilines is 1. The largest absolute Gasteiger partial charge is 0.478 e. The van der Waals surface area contributed by atoms with Crippen LogP contribution in [-0.4, -0.2) is 36.5 Å². The molecule has 0 fully saturated rings. The minimum absolute atomic E-state index is 0.0101. The Morgan fingerprint density at radius 3 is 2.00 bits per heavy atom. The monoisotopic (exact) mass is 245 g/mol. The van der Waals surface area contributed by atoms with Crippen molar-refractivity contribution in [1.82, 2.24) is 9.97 Å². The van der Waals surface area contributed by atoms with Gasteiger partial charge < -0.3 is 19.9 Å². The van der Waals surface area contributed by atoms with E-state index in [0.29, 0.717) is 0 Å². The molecule has 17 heavy (non-hydrogen) atoms. The maximum Gasteiger partial charge on any atom is 0.265 e. The fraction of sp³-hybridized carbons (Fsp3) is 0.600. The number of halogens is 1. The van der Waals surface area contributed by atoms with Gasteiger partial charge in [0.15, 0.2) is 0 Å². The first-order chi connectivity index (χ1) is 7.93. The highest BCUT2D eigenvalue weighted by atomic mass is 19.1. The van der Waals surface area contributed by atoms with Crippen molar-refractivity contribution in [3.8, 4) is 17.5 Å². The lowest BCUT2D eigenvalue weighted by Crippen LogP contribution is -2.31. The molecule has 0 aliphatic rings. The number of rotatable bonds is 5. The molecular weight excluding hydrogens is 229 g/mol. The molecule has 2 N–H and O–H groups in total. The average Bonchev–Trinajstić information content (AvgIpc) is 2.30. The lowest BCUT2D eigenvalue weighted by molar-refractivity contribution is 0.0700. The molecule has 0 saturated heterocycles. The van der Waals surface area contributed by atoms with Crippen LogP contribution in [0.15, 0.2) is 0 Å². The minimum atomic E-state index is -1.03. The van der Waals surface area contributed by atoms with Crippen LogP contribution in [0.5, 0.6) is 17.5 Å². The molecule has 0 aliphatic heterocycles. The molecule has 0 saturated carbocycles. The van der Waals surface area contributed by atoms with E-state index in [1.807, 2.05) is 0 Å². The molecule has 0 unspecified atom stereocenters. The van der Waals surface area contributed by atoms with E-state index >= 15 is 0 Å². The van der Waals surface area contributed by atoms with Crippen molar-refractivity contribution >= 4 is 5.95 Å². The van der Waals surface area contributed by atoms with E-state index in [2.05, 4.69) is 9.97 Å². The Kier molecular flexibility index (Phi) is 3.93. The molecular formula is C10H16FN3O3. The summed E-state index contributed by atoms with van der Waals surface area (Å²) in [5.74, 6) is 0.336. The Hall–Kier alpha value is -1.79. The van der Waals surface area contributed by atoms with Crippen LogP contribution < -0.4 is 19.9 Å². The molecule has 1 heterocycles. The number of ether oxygens (including phenoxy) is 3. The molecule has 1 aromatic rings. The maximum absolute atomic E-state index is 12.7. The molecule has 1 rings (SSSR count). The fourth-order valence-electron chi connectivity index (χ4n) is 1.09. The summed E-state index contributed by atoms with van der Waals surface area (Å²) >= 11 is 0. The lowest BCUT2D eigenvalue weighted by Gasteiger charge is -2.24. The van der Waals surface area contributed by atoms with Crippen LogP contribution in [0.3, 0.4) is 0 Å². The third-order valence-electron chi connectivity index (χ3n) is 1.91. The van der Waals surface area contributed by atoms with Crippen LogP contribution >= 0.6 is 0 Å². The third kappa shape index (κ3) is 3.08. The molecule has 0 radical (unpaired) electrons. The SMILES string of the molecule is COc1nc(N)nc(OC)c1OC(C)(C)CF. The van der Waals surface area contributed by atoms with E-state index in [1.165, 1.54) is 14.2 Å². The van der Waals surface area contributed by atoms with Crippen molar-refractivity contribution in [3.05, 3.63) is 0 Å². The summed E-state index contributed by atoms with van der Waals surface area (Å²) in [6.45, 7) is 2.49. The molecule has 0 spiro atoms. The van der Waals surface area contributed by atoms with Gasteiger partial charge in [-0.1, -0.05) is 0 Å². The van der Waals surface area contributed by atoms with Gasteiger partial charge in [0, 0.05) is 0 Å². The number of alkyl halides is 1. The Morgan fingerprint density at radius 1 is 1.18 bits per heavy atom. The number of hydrogen-bond acceptors (Lipinski definition) is 6. The number of nitrogens with two attached hydrogens (primary N) is 1. The van der Waals surface area contributed by atoms with Crippen LogP contribution in [0.25, 0.3) is 0 Å². The number of aromatic nitrogens is 2. The molecule has 0 amide bonds. The summed E-state index contributed by atoms with van der Waals surface area (Å²) in [5.41, 5.74) is 4.44. The summed E-state index contributed by atoms with van der Waals surface area (Å²) < 4.78 is 28.2. The summed E-state index contributed by atoms with van der Waals surface area (Å²) in [5, 5.41) is 0. The summed E-state index contributed by atoms with van der Waals surface area (Å²) in [6.07, 6.45) is 0. The van der Waals surface area contributed by atoms with Crippen LogP contribution in [0, 0.1) is 0 Å². The molecule has 1 aromatic heterocycles. The molecule has 0 aromatic carbocycles. The van der Waals surface area contributed by atoms with Gasteiger partial charge in [-0.05, 0) is 13.8 Å². The quantitative estimate of drug-likeness (QED) is 0.839. The van der Waals surface area contributed by atoms with Gasteiger partial charge in [0.05, 0.1) is 14.2 Å². The number of hydrogen-bond donors (Lipinski definition) is 1. The second-order valence-electron chi connectivity index (χ2n) is 3.92. The summed E-state index contributed by atoms with van der Waals surface area (Å²) in [4.78, 5) is 7.67. The van der Waals surface area contributed by atoms with E-state index < -0.39 is 12.3 Å². The van der Waals surface area contributed by atoms with Crippen molar-refractivity contribution in [3.63, 3.8) is 0 Å². The first-order valence-corrected chi connectivity index (χ1v) is 4.94. The number of methoxy groups -OCH3 is 2. The third-order valence-corrected chi connectivity index (χ3v) is 1.91. The lowest BCUT2D eigenvalue weighted by atomic mass is 10.2. The van der Waals surface area contributed by atoms with Crippen molar-refractivity contribution in [1.29, 1.82) is 0 Å². The highest BCUT2D eigenvalue weighted by Gasteiger charge is 2.26. The summed E-state index contributed by atoms with van der Waals surface area (Å²) in [6, 6.07) is 0. The second-order valence-corrected chi connectivity index (χ2v) is 3.92. The molecule has 7 heteroatoms. The van der Waals surface area contributed by atoms with E-state index in [-0.39, 0.29) is 23.5 Å². The van der Waals surface area contributed by atoms with Gasteiger partial charge in [-0.25, -0.2) is 4.39 Å². The maximum atomic E-state index is 12.7. The number of nitrogens with zero attached hydrogens (tertiary/aromatic N) is 2. The first-order valence-electron chi connectivity index (χ1n) is 4.94. The average molecular weight is 245 g/mol. The van der Waals surface area contributed by atoms with Gasteiger partial charge in [-0.2, -0.15) is 9.97 Å². The van der Waals surface area contributed by atoms with Crippen LogP contribution in [0.1, 0.15) is 13.8 Å². The Bertz CT molecular complexity index is 373. The predicted molar refractivity (Wildman–Crippen MR) is 60.2 cm³/mol. The Morgan fingerprint density at radius 2 is 1.65 bits per heavy atom. The Balaban J connectivity index is 3.20. The highest BCUT2D eigenvalue weighted by molar-refractivity contribution is 5.46. The number of nitrogen functional groups attached to an aromatic ring is 1. The first kappa shape index (κ1) is 13.3. The van der Waals surface area contributed by atoms with Gasteiger partial charge in [0.1, 0.15) is 12.3 Å². The highest BCUT2D eigenvalue weighted by Crippen LogP contribution is 2.36. The smallest absolute Gasteiger partial charge is 0.265 e. The molecule has 6 nitrogen and oxygen atoms in total. The van der Waals surface area contributed by atoms with Crippen LogP contribution in [0.4, 0.5) is 10.3 Å². The fourth-order valence-corrected chi connectivity index (χ4v) is 1.09. The molecule has 0 aliphatic carbocycles. The van der Waals surface area contributed by atoms with E-state index in [0.717, 1.165) is 0 Å². The van der Waals surface area contributed by atoms with Crippen LogP contribution in [-0.2, 0) is 0 Å². The van der Waals surface area contributed by atoms with Gasteiger partial charge in [-0.15, -0.1) is 0 Å². The van der Waals surface area contributed by atoms with Gasteiger partial charge in [0.2, 0.25) is 11.7 Å². The normalized spacial score (nSPS) is 11.1. The zero-order valence-electron chi connectivity index (χ0n) is 10.3.